The largest absolute Gasteiger partial charge is 0.401 e. The summed E-state index contributed by atoms with van der Waals surface area (Å²) in [6, 6.07) is 0. The molecule has 1 aliphatic rings. The lowest BCUT2D eigenvalue weighted by atomic mass is 9.73. The van der Waals surface area contributed by atoms with Crippen LogP contribution in [0.2, 0.25) is 0 Å². The molecular formula is C16H31F3N2. The molecule has 0 aliphatic heterocycles. The molecule has 0 spiro atoms. The Balaban J connectivity index is 2.71. The van der Waals surface area contributed by atoms with E-state index in [9.17, 15) is 13.2 Å². The fourth-order valence-electron chi connectivity index (χ4n) is 3.15. The van der Waals surface area contributed by atoms with Gasteiger partial charge in [-0.1, -0.05) is 26.2 Å². The summed E-state index contributed by atoms with van der Waals surface area (Å²) in [4.78, 5) is 1.57. The molecule has 0 heterocycles. The van der Waals surface area contributed by atoms with Crippen molar-refractivity contribution in [1.29, 1.82) is 0 Å². The lowest BCUT2D eigenvalue weighted by Gasteiger charge is -2.43. The highest BCUT2D eigenvalue weighted by molar-refractivity contribution is 4.90. The van der Waals surface area contributed by atoms with Gasteiger partial charge in [-0.15, -0.1) is 0 Å². The number of hydrogen-bond acceptors (Lipinski definition) is 2. The van der Waals surface area contributed by atoms with Crippen molar-refractivity contribution in [2.45, 2.75) is 71.5 Å². The fraction of sp³-hybridized carbons (Fsp3) is 1.00. The maximum absolute atomic E-state index is 12.7. The summed E-state index contributed by atoms with van der Waals surface area (Å²) >= 11 is 0. The Hall–Kier alpha value is -0.290. The molecule has 2 nitrogen and oxygen atoms in total. The van der Waals surface area contributed by atoms with Crippen LogP contribution in [-0.2, 0) is 0 Å². The summed E-state index contributed by atoms with van der Waals surface area (Å²) < 4.78 is 38.1. The molecule has 1 N–H and O–H groups in total. The van der Waals surface area contributed by atoms with Gasteiger partial charge in [-0.05, 0) is 45.6 Å². The van der Waals surface area contributed by atoms with Crippen LogP contribution in [0.4, 0.5) is 13.2 Å². The summed E-state index contributed by atoms with van der Waals surface area (Å²) in [5, 5.41) is 3.52. The van der Waals surface area contributed by atoms with Gasteiger partial charge in [-0.3, -0.25) is 4.90 Å². The molecule has 0 aromatic rings. The molecular weight excluding hydrogens is 277 g/mol. The molecule has 1 aliphatic carbocycles. The Morgan fingerprint density at radius 2 is 1.62 bits per heavy atom. The number of hydrogen-bond donors (Lipinski definition) is 1. The van der Waals surface area contributed by atoms with Crippen molar-refractivity contribution in [1.82, 2.24) is 10.2 Å². The van der Waals surface area contributed by atoms with Gasteiger partial charge in [0.25, 0.3) is 0 Å². The first-order chi connectivity index (χ1) is 9.55. The molecule has 0 amide bonds. The van der Waals surface area contributed by atoms with E-state index in [4.69, 9.17) is 0 Å². The highest BCUT2D eigenvalue weighted by Gasteiger charge is 2.37. The Bertz CT molecular complexity index is 302. The van der Waals surface area contributed by atoms with Gasteiger partial charge in [0.05, 0.1) is 6.54 Å². The van der Waals surface area contributed by atoms with Crippen LogP contribution < -0.4 is 5.32 Å². The van der Waals surface area contributed by atoms with E-state index in [0.29, 0.717) is 13.1 Å². The molecule has 0 bridgehead atoms. The summed E-state index contributed by atoms with van der Waals surface area (Å²) in [5.74, 6) is 0. The first kappa shape index (κ1) is 18.8. The molecule has 21 heavy (non-hydrogen) atoms. The van der Waals surface area contributed by atoms with Gasteiger partial charge in [0.1, 0.15) is 0 Å². The molecule has 1 fully saturated rings. The van der Waals surface area contributed by atoms with Gasteiger partial charge in [0.15, 0.2) is 0 Å². The molecule has 1 saturated carbocycles. The maximum atomic E-state index is 12.7. The molecule has 0 atom stereocenters. The normalized spacial score (nSPS) is 20.0. The van der Waals surface area contributed by atoms with Crippen molar-refractivity contribution in [3.8, 4) is 0 Å². The third-order valence-corrected chi connectivity index (χ3v) is 4.32. The van der Waals surface area contributed by atoms with E-state index in [1.54, 1.807) is 4.90 Å². The quantitative estimate of drug-likeness (QED) is 0.791. The van der Waals surface area contributed by atoms with E-state index in [1.165, 1.54) is 6.42 Å². The van der Waals surface area contributed by atoms with Crippen molar-refractivity contribution in [2.75, 3.05) is 26.2 Å². The first-order valence-electron chi connectivity index (χ1n) is 8.09. The summed E-state index contributed by atoms with van der Waals surface area (Å²) in [6.07, 6.45) is 1.44. The number of halogens is 3. The van der Waals surface area contributed by atoms with Crippen LogP contribution in [0.25, 0.3) is 0 Å². The molecule has 126 valence electrons. The third-order valence-electron chi connectivity index (χ3n) is 4.32. The standard InChI is InChI=1S/C16H31F3N2/c1-5-21(13-16(17,18)19)12-15(9-7-6-8-10-15)11-20-14(2,3)4/h20H,5-13H2,1-4H3. The highest BCUT2D eigenvalue weighted by Crippen LogP contribution is 2.37. The summed E-state index contributed by atoms with van der Waals surface area (Å²) in [5.41, 5.74) is -0.00168. The minimum Gasteiger partial charge on any atom is -0.311 e. The van der Waals surface area contributed by atoms with Crippen molar-refractivity contribution in [3.63, 3.8) is 0 Å². The van der Waals surface area contributed by atoms with E-state index in [2.05, 4.69) is 26.1 Å². The topological polar surface area (TPSA) is 15.3 Å². The van der Waals surface area contributed by atoms with Gasteiger partial charge in [0, 0.05) is 18.6 Å². The van der Waals surface area contributed by atoms with Crippen LogP contribution in [0.15, 0.2) is 0 Å². The zero-order valence-electron chi connectivity index (χ0n) is 13.9. The molecule has 0 radical (unpaired) electrons. The van der Waals surface area contributed by atoms with Crippen LogP contribution in [0.3, 0.4) is 0 Å². The summed E-state index contributed by atoms with van der Waals surface area (Å²) in [7, 11) is 0. The van der Waals surface area contributed by atoms with Gasteiger partial charge < -0.3 is 5.32 Å². The van der Waals surface area contributed by atoms with Crippen LogP contribution in [0.1, 0.15) is 59.8 Å². The van der Waals surface area contributed by atoms with E-state index < -0.39 is 12.7 Å². The highest BCUT2D eigenvalue weighted by atomic mass is 19.4. The second kappa shape index (κ2) is 7.32. The van der Waals surface area contributed by atoms with Gasteiger partial charge in [0.2, 0.25) is 0 Å². The maximum Gasteiger partial charge on any atom is 0.401 e. The second-order valence-corrected chi connectivity index (χ2v) is 7.58. The smallest absolute Gasteiger partial charge is 0.311 e. The minimum absolute atomic E-state index is 0.00548. The van der Waals surface area contributed by atoms with Crippen molar-refractivity contribution in [2.24, 2.45) is 5.41 Å². The third kappa shape index (κ3) is 7.50. The molecule has 0 aromatic heterocycles. The second-order valence-electron chi connectivity index (χ2n) is 7.58. The molecule has 1 rings (SSSR count). The van der Waals surface area contributed by atoms with Crippen LogP contribution in [-0.4, -0.2) is 42.8 Å². The van der Waals surface area contributed by atoms with Gasteiger partial charge in [-0.25, -0.2) is 0 Å². The van der Waals surface area contributed by atoms with E-state index in [-0.39, 0.29) is 11.0 Å². The number of rotatable bonds is 6. The van der Waals surface area contributed by atoms with Crippen molar-refractivity contribution >= 4 is 0 Å². The average Bonchev–Trinajstić information content (AvgIpc) is 2.34. The number of nitrogens with zero attached hydrogens (tertiary/aromatic N) is 1. The summed E-state index contributed by atoms with van der Waals surface area (Å²) in [6.45, 7) is 9.17. The molecule has 0 aromatic carbocycles. The van der Waals surface area contributed by atoms with E-state index >= 15 is 0 Å². The minimum atomic E-state index is -4.11. The Kier molecular flexibility index (Phi) is 6.54. The van der Waals surface area contributed by atoms with Gasteiger partial charge in [-0.2, -0.15) is 13.2 Å². The zero-order chi connectivity index (χ0) is 16.1. The molecule has 5 heteroatoms. The van der Waals surface area contributed by atoms with Crippen LogP contribution >= 0.6 is 0 Å². The lowest BCUT2D eigenvalue weighted by molar-refractivity contribution is -0.149. The Labute approximate surface area is 127 Å². The fourth-order valence-corrected chi connectivity index (χ4v) is 3.15. The Morgan fingerprint density at radius 1 is 1.05 bits per heavy atom. The Morgan fingerprint density at radius 3 is 2.05 bits per heavy atom. The van der Waals surface area contributed by atoms with Crippen molar-refractivity contribution < 1.29 is 13.2 Å². The van der Waals surface area contributed by atoms with Crippen LogP contribution in [0.5, 0.6) is 0 Å². The monoisotopic (exact) mass is 308 g/mol. The van der Waals surface area contributed by atoms with E-state index in [0.717, 1.165) is 32.2 Å². The average molecular weight is 308 g/mol. The lowest BCUT2D eigenvalue weighted by Crippen LogP contribution is -2.51. The van der Waals surface area contributed by atoms with Crippen LogP contribution in [0, 0.1) is 5.41 Å². The van der Waals surface area contributed by atoms with Gasteiger partial charge >= 0.3 is 6.18 Å². The van der Waals surface area contributed by atoms with Crippen molar-refractivity contribution in [3.05, 3.63) is 0 Å². The number of nitrogens with one attached hydrogen (secondary N) is 1. The molecule has 0 unspecified atom stereocenters. The zero-order valence-corrected chi connectivity index (χ0v) is 13.9. The number of alkyl halides is 3. The SMILES string of the molecule is CCN(CC(F)(F)F)CC1(CNC(C)(C)C)CCCCC1. The predicted octanol–water partition coefficient (Wildman–Crippen LogP) is 4.21. The molecule has 0 saturated heterocycles. The first-order valence-corrected chi connectivity index (χ1v) is 8.09. The van der Waals surface area contributed by atoms with E-state index in [1.807, 2.05) is 6.92 Å². The predicted molar refractivity (Wildman–Crippen MR) is 81.4 cm³/mol.